The van der Waals surface area contributed by atoms with E-state index in [0.717, 1.165) is 30.3 Å². The van der Waals surface area contributed by atoms with Crippen LogP contribution in [0, 0.1) is 12.7 Å². The number of nitrogens with one attached hydrogen (secondary N) is 1. The molecule has 30 heavy (non-hydrogen) atoms. The Bertz CT molecular complexity index is 1050. The van der Waals surface area contributed by atoms with E-state index in [0.29, 0.717) is 33.8 Å². The third-order valence-corrected chi connectivity index (χ3v) is 6.93. The van der Waals surface area contributed by atoms with E-state index in [1.165, 1.54) is 42.7 Å². The molecule has 2 aromatic heterocycles. The van der Waals surface area contributed by atoms with Crippen LogP contribution in [0.5, 0.6) is 5.75 Å². The highest BCUT2D eigenvalue weighted by molar-refractivity contribution is 7.15. The minimum Gasteiger partial charge on any atom is -0.507 e. The molecule has 1 saturated carbocycles. The number of aromatic hydroxyl groups is 1. The summed E-state index contributed by atoms with van der Waals surface area (Å²) in [4.78, 5) is 7.07. The molecule has 1 atom stereocenters. The van der Waals surface area contributed by atoms with E-state index in [2.05, 4.69) is 25.4 Å². The smallest absolute Gasteiger partial charge is 0.151 e. The Kier molecular flexibility index (Phi) is 5.12. The maximum Gasteiger partial charge on any atom is 0.151 e. The van der Waals surface area contributed by atoms with Crippen LogP contribution >= 0.6 is 11.3 Å². The van der Waals surface area contributed by atoms with Crippen molar-refractivity contribution in [2.75, 3.05) is 18.0 Å². The molecule has 8 heteroatoms. The van der Waals surface area contributed by atoms with Crippen LogP contribution in [-0.4, -0.2) is 45.5 Å². The molecule has 0 radical (unpaired) electrons. The van der Waals surface area contributed by atoms with Crippen molar-refractivity contribution < 1.29 is 9.50 Å². The Hall–Kier alpha value is -2.58. The Balaban J connectivity index is 1.32. The highest BCUT2D eigenvalue weighted by atomic mass is 32.1. The lowest BCUT2D eigenvalue weighted by Gasteiger charge is -2.29. The molecule has 2 N–H and O–H groups in total. The van der Waals surface area contributed by atoms with Gasteiger partial charge in [0, 0.05) is 42.5 Å². The maximum absolute atomic E-state index is 14.7. The highest BCUT2D eigenvalue weighted by Gasteiger charge is 2.28. The summed E-state index contributed by atoms with van der Waals surface area (Å²) in [7, 11) is 0. The number of benzene rings is 1. The fourth-order valence-corrected chi connectivity index (χ4v) is 4.89. The molecule has 1 saturated heterocycles. The fraction of sp³-hybridized carbons (Fsp3) is 0.409. The van der Waals surface area contributed by atoms with Crippen molar-refractivity contribution in [1.29, 1.82) is 0 Å². The van der Waals surface area contributed by atoms with Crippen molar-refractivity contribution in [1.82, 2.24) is 20.5 Å². The van der Waals surface area contributed by atoms with Crippen molar-refractivity contribution in [3.63, 3.8) is 0 Å². The van der Waals surface area contributed by atoms with Gasteiger partial charge in [-0.3, -0.25) is 0 Å². The van der Waals surface area contributed by atoms with Crippen molar-refractivity contribution in [3.05, 3.63) is 41.3 Å². The average molecular weight is 426 g/mol. The first kappa shape index (κ1) is 19.4. The predicted octanol–water partition coefficient (Wildman–Crippen LogP) is 4.14. The monoisotopic (exact) mass is 425 g/mol. The summed E-state index contributed by atoms with van der Waals surface area (Å²) in [5.74, 6) is 0.376. The molecule has 3 aromatic rings. The number of hydrogen-bond acceptors (Lipinski definition) is 7. The van der Waals surface area contributed by atoms with Gasteiger partial charge in [-0.15, -0.1) is 21.5 Å². The second-order valence-electron chi connectivity index (χ2n) is 8.10. The van der Waals surface area contributed by atoms with Crippen LogP contribution in [0.4, 0.5) is 10.2 Å². The minimum absolute atomic E-state index is 0.0227. The molecule has 1 aromatic carbocycles. The molecule has 5 rings (SSSR count). The van der Waals surface area contributed by atoms with E-state index < -0.39 is 5.82 Å². The fourth-order valence-electron chi connectivity index (χ4n) is 4.09. The van der Waals surface area contributed by atoms with Crippen LogP contribution in [0.1, 0.15) is 30.7 Å². The molecule has 1 aliphatic heterocycles. The summed E-state index contributed by atoms with van der Waals surface area (Å²) in [6.07, 6.45) is 6.62. The van der Waals surface area contributed by atoms with Crippen LogP contribution < -0.4 is 10.2 Å². The minimum atomic E-state index is -0.415. The average Bonchev–Trinajstić information content (AvgIpc) is 3.35. The number of thiazole rings is 1. The summed E-state index contributed by atoms with van der Waals surface area (Å²) >= 11 is 1.39. The summed E-state index contributed by atoms with van der Waals surface area (Å²) in [5.41, 5.74) is 1.13. The van der Waals surface area contributed by atoms with E-state index in [1.807, 2.05) is 13.0 Å². The van der Waals surface area contributed by atoms with Crippen LogP contribution in [0.15, 0.2) is 30.5 Å². The van der Waals surface area contributed by atoms with Crippen molar-refractivity contribution in [3.8, 4) is 27.4 Å². The first-order valence-electron chi connectivity index (χ1n) is 10.4. The number of aryl methyl sites for hydroxylation is 1. The van der Waals surface area contributed by atoms with Gasteiger partial charge in [0.15, 0.2) is 5.82 Å². The van der Waals surface area contributed by atoms with Crippen molar-refractivity contribution >= 4 is 17.2 Å². The van der Waals surface area contributed by atoms with E-state index in [1.54, 1.807) is 12.3 Å². The lowest BCUT2D eigenvalue weighted by atomic mass is 9.92. The zero-order valence-electron chi connectivity index (χ0n) is 16.8. The van der Waals surface area contributed by atoms with Crippen molar-refractivity contribution in [2.24, 2.45) is 0 Å². The number of halogens is 1. The largest absolute Gasteiger partial charge is 0.507 e. The Labute approximate surface area is 178 Å². The summed E-state index contributed by atoms with van der Waals surface area (Å²) in [6.45, 7) is 3.73. The lowest BCUT2D eigenvalue weighted by Crippen LogP contribution is -2.43. The lowest BCUT2D eigenvalue weighted by molar-refractivity contribution is 0.311. The molecule has 0 amide bonds. The number of rotatable bonds is 5. The van der Waals surface area contributed by atoms with Gasteiger partial charge in [-0.1, -0.05) is 6.42 Å². The predicted molar refractivity (Wildman–Crippen MR) is 116 cm³/mol. The van der Waals surface area contributed by atoms with Gasteiger partial charge in [0.1, 0.15) is 11.6 Å². The molecule has 0 bridgehead atoms. The first-order valence-corrected chi connectivity index (χ1v) is 11.2. The Morgan fingerprint density at radius 3 is 2.67 bits per heavy atom. The van der Waals surface area contributed by atoms with Gasteiger partial charge in [0.05, 0.1) is 15.6 Å². The number of anilines is 1. The second-order valence-corrected chi connectivity index (χ2v) is 9.33. The Morgan fingerprint density at radius 1 is 1.13 bits per heavy atom. The number of phenolic OH excluding ortho intramolecular Hbond substituents is 1. The number of hydrogen-bond donors (Lipinski definition) is 2. The molecule has 2 fully saturated rings. The topological polar surface area (TPSA) is 74.2 Å². The first-order chi connectivity index (χ1) is 14.6. The second kappa shape index (κ2) is 7.92. The standard InChI is InChI=1S/C22H24FN5OS/c1-13-24-11-21(30-13)16-10-20(29)17(9-18(16)23)19-5-6-22(27-26-19)28-8-7-15(12-28)25-14-3-2-4-14/h5-6,9-11,14-15,25,29H,2-4,7-8,12H2,1H3. The highest BCUT2D eigenvalue weighted by Crippen LogP contribution is 2.37. The maximum atomic E-state index is 14.7. The summed E-state index contributed by atoms with van der Waals surface area (Å²) in [6, 6.07) is 7.62. The molecule has 3 heterocycles. The SMILES string of the molecule is Cc1ncc(-c2cc(O)c(-c3ccc(N4CCC(NC5CCC5)C4)nn3)cc2F)s1. The molecular weight excluding hydrogens is 401 g/mol. The van der Waals surface area contributed by atoms with Gasteiger partial charge in [-0.2, -0.15) is 0 Å². The molecule has 1 aliphatic carbocycles. The molecule has 6 nitrogen and oxygen atoms in total. The van der Waals surface area contributed by atoms with Crippen LogP contribution in [0.3, 0.4) is 0 Å². The van der Waals surface area contributed by atoms with Gasteiger partial charge in [0.25, 0.3) is 0 Å². The van der Waals surface area contributed by atoms with E-state index in [4.69, 9.17) is 0 Å². The molecule has 156 valence electrons. The molecule has 2 aliphatic rings. The number of nitrogens with zero attached hydrogens (tertiary/aromatic N) is 4. The zero-order valence-corrected chi connectivity index (χ0v) is 17.6. The third kappa shape index (κ3) is 3.77. The van der Waals surface area contributed by atoms with Gasteiger partial charge in [0.2, 0.25) is 0 Å². The van der Waals surface area contributed by atoms with Crippen LogP contribution in [0.25, 0.3) is 21.7 Å². The molecular formula is C22H24FN5OS. The zero-order chi connectivity index (χ0) is 20.7. The quantitative estimate of drug-likeness (QED) is 0.640. The van der Waals surface area contributed by atoms with Gasteiger partial charge in [-0.25, -0.2) is 9.37 Å². The normalized spacial score (nSPS) is 19.3. The van der Waals surface area contributed by atoms with Crippen LogP contribution in [0.2, 0.25) is 0 Å². The third-order valence-electron chi connectivity index (χ3n) is 5.99. The summed E-state index contributed by atoms with van der Waals surface area (Å²) in [5, 5.41) is 23.7. The Morgan fingerprint density at radius 2 is 2.00 bits per heavy atom. The van der Waals surface area contributed by atoms with Crippen molar-refractivity contribution in [2.45, 2.75) is 44.7 Å². The van der Waals surface area contributed by atoms with Crippen LogP contribution in [-0.2, 0) is 0 Å². The van der Waals surface area contributed by atoms with E-state index in [-0.39, 0.29) is 5.75 Å². The van der Waals surface area contributed by atoms with Gasteiger partial charge < -0.3 is 15.3 Å². The van der Waals surface area contributed by atoms with Gasteiger partial charge >= 0.3 is 0 Å². The summed E-state index contributed by atoms with van der Waals surface area (Å²) < 4.78 is 14.7. The van der Waals surface area contributed by atoms with E-state index in [9.17, 15) is 9.50 Å². The number of phenols is 1. The molecule has 0 spiro atoms. The molecule has 1 unspecified atom stereocenters. The van der Waals surface area contributed by atoms with Gasteiger partial charge in [-0.05, 0) is 50.5 Å². The number of aromatic nitrogens is 3. The van der Waals surface area contributed by atoms with E-state index >= 15 is 0 Å².